The predicted molar refractivity (Wildman–Crippen MR) is 114 cm³/mol. The molecule has 1 aromatic carbocycles. The maximum absolute atomic E-state index is 13.7. The summed E-state index contributed by atoms with van der Waals surface area (Å²) in [5.41, 5.74) is -1.24. The molecule has 9 nitrogen and oxygen atoms in total. The lowest BCUT2D eigenvalue weighted by molar-refractivity contribution is -0.150. The van der Waals surface area contributed by atoms with Gasteiger partial charge < -0.3 is 31.5 Å². The summed E-state index contributed by atoms with van der Waals surface area (Å²) >= 11 is 0. The quantitative estimate of drug-likeness (QED) is 0.340. The molecule has 188 valence electrons. The SMILES string of the molecule is CCCN[C@@H]1C(=O)C(C(N)=O)=C(O)[C@@]2(O)C(=O)C3=C(O)c4c(O)ccc(C(F)(F)F)c4C[C@H]3C[C@@H]12. The van der Waals surface area contributed by atoms with Gasteiger partial charge in [0.25, 0.3) is 5.91 Å². The number of Topliss-reactive ketones (excluding diaryl/α,β-unsaturated/α-hetero) is 2. The fourth-order valence-electron chi connectivity index (χ4n) is 5.48. The van der Waals surface area contributed by atoms with Crippen molar-refractivity contribution in [3.63, 3.8) is 0 Å². The van der Waals surface area contributed by atoms with Crippen LogP contribution in [0.25, 0.3) is 5.76 Å². The molecule has 1 amide bonds. The van der Waals surface area contributed by atoms with Crippen molar-refractivity contribution >= 4 is 23.2 Å². The van der Waals surface area contributed by atoms with Gasteiger partial charge in [0, 0.05) is 11.5 Å². The van der Waals surface area contributed by atoms with Crippen LogP contribution >= 0.6 is 0 Å². The van der Waals surface area contributed by atoms with Gasteiger partial charge in [-0.05, 0) is 49.4 Å². The lowest BCUT2D eigenvalue weighted by atomic mass is 9.57. The van der Waals surface area contributed by atoms with Crippen LogP contribution in [0.1, 0.15) is 36.5 Å². The zero-order valence-electron chi connectivity index (χ0n) is 18.4. The zero-order chi connectivity index (χ0) is 26.0. The van der Waals surface area contributed by atoms with Gasteiger partial charge in [0.2, 0.25) is 5.78 Å². The molecular formula is C23H23F3N2O7. The highest BCUT2D eigenvalue weighted by atomic mass is 19.4. The highest BCUT2D eigenvalue weighted by Gasteiger charge is 2.63. The molecule has 0 aromatic heterocycles. The van der Waals surface area contributed by atoms with Crippen molar-refractivity contribution in [2.75, 3.05) is 6.54 Å². The molecule has 0 radical (unpaired) electrons. The molecule has 1 aromatic rings. The summed E-state index contributed by atoms with van der Waals surface area (Å²) in [6.45, 7) is 1.99. The van der Waals surface area contributed by atoms with Gasteiger partial charge in [-0.2, -0.15) is 13.2 Å². The van der Waals surface area contributed by atoms with E-state index in [-0.39, 0.29) is 13.0 Å². The molecule has 0 heterocycles. The molecule has 0 bridgehead atoms. The first-order valence-corrected chi connectivity index (χ1v) is 10.9. The summed E-state index contributed by atoms with van der Waals surface area (Å²) in [5.74, 6) is -9.01. The van der Waals surface area contributed by atoms with Crippen LogP contribution in [0.3, 0.4) is 0 Å². The Balaban J connectivity index is 1.96. The first-order valence-electron chi connectivity index (χ1n) is 10.9. The summed E-state index contributed by atoms with van der Waals surface area (Å²) in [6.07, 6.45) is -5.03. The minimum Gasteiger partial charge on any atom is -0.508 e. The van der Waals surface area contributed by atoms with Crippen LogP contribution in [0.5, 0.6) is 5.75 Å². The van der Waals surface area contributed by atoms with E-state index in [9.17, 15) is 48.0 Å². The molecular weight excluding hydrogens is 473 g/mol. The Labute approximate surface area is 196 Å². The number of aromatic hydroxyl groups is 1. The minimum atomic E-state index is -4.82. The van der Waals surface area contributed by atoms with Gasteiger partial charge in [-0.3, -0.25) is 14.4 Å². The Hall–Kier alpha value is -3.38. The van der Waals surface area contributed by atoms with E-state index in [0.29, 0.717) is 12.5 Å². The van der Waals surface area contributed by atoms with Gasteiger partial charge in [-0.15, -0.1) is 0 Å². The molecule has 0 saturated heterocycles. The average Bonchev–Trinajstić information content (AvgIpc) is 2.75. The van der Waals surface area contributed by atoms with E-state index >= 15 is 0 Å². The van der Waals surface area contributed by atoms with Crippen LogP contribution in [0.4, 0.5) is 13.2 Å². The summed E-state index contributed by atoms with van der Waals surface area (Å²) in [7, 11) is 0. The number of carbonyl (C=O) groups is 3. The summed E-state index contributed by atoms with van der Waals surface area (Å²) in [6, 6.07) is 0.0474. The fraction of sp³-hybridized carbons (Fsp3) is 0.435. The smallest absolute Gasteiger partial charge is 0.416 e. The second-order valence-electron chi connectivity index (χ2n) is 8.97. The van der Waals surface area contributed by atoms with Crippen molar-refractivity contribution in [3.05, 3.63) is 45.7 Å². The van der Waals surface area contributed by atoms with Crippen LogP contribution in [0.2, 0.25) is 0 Å². The number of phenols is 1. The Morgan fingerprint density at radius 3 is 2.46 bits per heavy atom. The number of hydrogen-bond donors (Lipinski definition) is 6. The summed E-state index contributed by atoms with van der Waals surface area (Å²) in [4.78, 5) is 38.5. The number of aliphatic hydroxyl groups excluding tert-OH is 2. The lowest BCUT2D eigenvalue weighted by Gasteiger charge is -2.49. The number of nitrogens with one attached hydrogen (secondary N) is 1. The molecule has 1 saturated carbocycles. The average molecular weight is 496 g/mol. The maximum Gasteiger partial charge on any atom is 0.416 e. The van der Waals surface area contributed by atoms with E-state index in [1.54, 1.807) is 6.92 Å². The van der Waals surface area contributed by atoms with Crippen molar-refractivity contribution < 1.29 is 48.0 Å². The highest BCUT2D eigenvalue weighted by Crippen LogP contribution is 2.53. The lowest BCUT2D eigenvalue weighted by Crippen LogP contribution is -2.66. The molecule has 4 rings (SSSR count). The van der Waals surface area contributed by atoms with Crippen molar-refractivity contribution in [1.82, 2.24) is 5.32 Å². The van der Waals surface area contributed by atoms with Gasteiger partial charge in [0.05, 0.1) is 17.2 Å². The number of hydrogen-bond acceptors (Lipinski definition) is 8. The van der Waals surface area contributed by atoms with Crippen LogP contribution in [0.15, 0.2) is 29.0 Å². The van der Waals surface area contributed by atoms with Crippen molar-refractivity contribution in [2.24, 2.45) is 17.6 Å². The number of halogens is 3. The van der Waals surface area contributed by atoms with Crippen molar-refractivity contribution in [1.29, 1.82) is 0 Å². The van der Waals surface area contributed by atoms with Crippen molar-refractivity contribution in [2.45, 2.75) is 44.0 Å². The third kappa shape index (κ3) is 3.42. The van der Waals surface area contributed by atoms with E-state index in [2.05, 4.69) is 5.32 Å². The van der Waals surface area contributed by atoms with E-state index in [0.717, 1.165) is 6.07 Å². The monoisotopic (exact) mass is 496 g/mol. The summed E-state index contributed by atoms with van der Waals surface area (Å²) < 4.78 is 41.0. The number of benzene rings is 1. The number of nitrogens with two attached hydrogens (primary N) is 1. The van der Waals surface area contributed by atoms with E-state index in [1.807, 2.05) is 0 Å². The molecule has 3 aliphatic rings. The molecule has 0 spiro atoms. The number of carbonyl (C=O) groups excluding carboxylic acids is 3. The number of ketones is 2. The number of alkyl halides is 3. The zero-order valence-corrected chi connectivity index (χ0v) is 18.4. The van der Waals surface area contributed by atoms with Gasteiger partial charge in [-0.25, -0.2) is 0 Å². The van der Waals surface area contributed by atoms with Crippen LogP contribution in [-0.4, -0.2) is 56.1 Å². The number of aliphatic hydroxyl groups is 3. The first-order chi connectivity index (χ1) is 16.3. The fourth-order valence-corrected chi connectivity index (χ4v) is 5.48. The van der Waals surface area contributed by atoms with Crippen LogP contribution < -0.4 is 11.1 Å². The molecule has 7 N–H and O–H groups in total. The predicted octanol–water partition coefficient (Wildman–Crippen LogP) is 1.42. The Morgan fingerprint density at radius 1 is 1.23 bits per heavy atom. The first kappa shape index (κ1) is 24.7. The third-order valence-electron chi connectivity index (χ3n) is 7.00. The molecule has 0 aliphatic heterocycles. The van der Waals surface area contributed by atoms with E-state index in [4.69, 9.17) is 5.73 Å². The highest BCUT2D eigenvalue weighted by molar-refractivity contribution is 6.24. The molecule has 35 heavy (non-hydrogen) atoms. The van der Waals surface area contributed by atoms with Gasteiger partial charge in [0.1, 0.15) is 22.8 Å². The van der Waals surface area contributed by atoms with E-state index in [1.165, 1.54) is 0 Å². The Bertz CT molecular complexity index is 1220. The standard InChI is InChI=1S/C23H23F3N2O7/c1-2-5-28-16-11-7-8-6-9-10(23(24,25)26)3-4-12(29)14(9)17(30)13(8)19(32)22(11,35)20(33)15(18(16)31)21(27)34/h3-4,8,11,16,28-30,33,35H,2,5-7H2,1H3,(H2,27,34)/t8-,11-,16-,22-/m0/s1. The van der Waals surface area contributed by atoms with Crippen LogP contribution in [-0.2, 0) is 27.0 Å². The van der Waals surface area contributed by atoms with Gasteiger partial charge >= 0.3 is 6.18 Å². The summed E-state index contributed by atoms with van der Waals surface area (Å²) in [5, 5.41) is 46.1. The van der Waals surface area contributed by atoms with Crippen molar-refractivity contribution in [3.8, 4) is 5.75 Å². The number of primary amides is 1. The van der Waals surface area contributed by atoms with Crippen LogP contribution in [0, 0.1) is 11.8 Å². The second-order valence-corrected chi connectivity index (χ2v) is 8.97. The molecule has 1 fully saturated rings. The van der Waals surface area contributed by atoms with Gasteiger partial charge in [-0.1, -0.05) is 6.92 Å². The Kier molecular flexibility index (Phi) is 5.72. The number of fused-ring (bicyclic) bond motifs is 3. The molecule has 0 unspecified atom stereocenters. The minimum absolute atomic E-state index is 0.220. The van der Waals surface area contributed by atoms with Gasteiger partial charge in [0.15, 0.2) is 11.4 Å². The third-order valence-corrected chi connectivity index (χ3v) is 7.00. The largest absolute Gasteiger partial charge is 0.508 e. The Morgan fingerprint density at radius 2 is 1.89 bits per heavy atom. The maximum atomic E-state index is 13.7. The number of phenolic OH excluding ortho intramolecular Hbond substituents is 1. The number of rotatable bonds is 4. The number of amides is 1. The molecule has 4 atom stereocenters. The molecule has 12 heteroatoms. The topological polar surface area (TPSA) is 170 Å². The second kappa shape index (κ2) is 8.09. The molecule has 3 aliphatic carbocycles. The normalized spacial score (nSPS) is 28.5. The van der Waals surface area contributed by atoms with E-state index < -0.39 is 98.7 Å².